The van der Waals surface area contributed by atoms with Gasteiger partial charge in [-0.15, -0.1) is 0 Å². The molecule has 0 radical (unpaired) electrons. The number of pyridine rings is 1. The van der Waals surface area contributed by atoms with Crippen LogP contribution in [0.1, 0.15) is 72.5 Å². The number of nitrogens with zero attached hydrogens (tertiary/aromatic N) is 4. The van der Waals surface area contributed by atoms with Crippen LogP contribution >= 0.6 is 11.6 Å². The zero-order valence-electron chi connectivity index (χ0n) is 23.7. The summed E-state index contributed by atoms with van der Waals surface area (Å²) in [4.78, 5) is 36.2. The molecule has 1 aromatic heterocycles. The van der Waals surface area contributed by atoms with E-state index in [-0.39, 0.29) is 23.7 Å². The molecule has 3 aliphatic rings. The summed E-state index contributed by atoms with van der Waals surface area (Å²) >= 11 is 6.38. The highest BCUT2D eigenvalue weighted by atomic mass is 35.5. The van der Waals surface area contributed by atoms with Gasteiger partial charge >= 0.3 is 12.0 Å². The smallest absolute Gasteiger partial charge is 0.335 e. The molecule has 2 saturated heterocycles. The minimum atomic E-state index is -0.970. The lowest BCUT2D eigenvalue weighted by Crippen LogP contribution is -2.48. The molecule has 3 heterocycles. The third-order valence-corrected chi connectivity index (χ3v) is 9.13. The molecule has 0 spiro atoms. The number of ether oxygens (including phenoxy) is 1. The summed E-state index contributed by atoms with van der Waals surface area (Å²) in [6.07, 6.45) is 9.59. The van der Waals surface area contributed by atoms with Gasteiger partial charge in [-0.25, -0.2) is 14.6 Å². The third-order valence-electron chi connectivity index (χ3n) is 8.90. The maximum absolute atomic E-state index is 13.9. The van der Waals surface area contributed by atoms with E-state index >= 15 is 0 Å². The summed E-state index contributed by atoms with van der Waals surface area (Å²) in [5.41, 5.74) is 2.44. The van der Waals surface area contributed by atoms with Gasteiger partial charge in [-0.2, -0.15) is 0 Å². The van der Waals surface area contributed by atoms with E-state index < -0.39 is 5.97 Å². The first-order valence-corrected chi connectivity index (χ1v) is 15.4. The molecule has 0 bridgehead atoms. The Hall–Kier alpha value is -3.62. The lowest BCUT2D eigenvalue weighted by molar-refractivity contribution is 0.0696. The molecular formula is C33H37ClN4O4. The van der Waals surface area contributed by atoms with Crippen molar-refractivity contribution in [2.45, 2.75) is 69.6 Å². The van der Waals surface area contributed by atoms with Crippen LogP contribution in [0.2, 0.25) is 5.02 Å². The van der Waals surface area contributed by atoms with Crippen LogP contribution in [-0.2, 0) is 6.54 Å². The van der Waals surface area contributed by atoms with Crippen LogP contribution in [-0.4, -0.2) is 68.5 Å². The second-order valence-electron chi connectivity index (χ2n) is 11.6. The Bertz CT molecular complexity index is 1390. The summed E-state index contributed by atoms with van der Waals surface area (Å²) in [5.74, 6) is 0.0296. The quantitative estimate of drug-likeness (QED) is 0.305. The van der Waals surface area contributed by atoms with Crippen LogP contribution in [0.25, 0.3) is 0 Å². The number of carbonyl (C=O) groups is 2. The molecule has 2 aliphatic heterocycles. The number of halogens is 1. The Labute approximate surface area is 251 Å². The van der Waals surface area contributed by atoms with Crippen molar-refractivity contribution in [2.75, 3.05) is 19.6 Å². The van der Waals surface area contributed by atoms with Crippen LogP contribution < -0.4 is 4.74 Å². The van der Waals surface area contributed by atoms with Crippen molar-refractivity contribution in [3.05, 3.63) is 88.6 Å². The van der Waals surface area contributed by atoms with Crippen molar-refractivity contribution in [3.8, 4) is 11.6 Å². The molecule has 2 amide bonds. The van der Waals surface area contributed by atoms with Crippen molar-refractivity contribution in [2.24, 2.45) is 0 Å². The molecule has 42 heavy (non-hydrogen) atoms. The van der Waals surface area contributed by atoms with E-state index in [2.05, 4.69) is 25.8 Å². The van der Waals surface area contributed by atoms with Gasteiger partial charge in [0.1, 0.15) is 5.75 Å². The van der Waals surface area contributed by atoms with Crippen LogP contribution in [0.4, 0.5) is 4.79 Å². The standard InChI is InChI=1S/C33H37ClN4O4/c34-26-6-4-5-25(19-26)30-22-37(27-7-2-1-3-8-27)33(41)38(30)28-15-17-36(18-16-28)21-23-9-14-31(35-20-23)42-29-12-10-24(11-13-29)32(39)40/h4-6,9-14,19-20,27-28,30H,1-3,7-8,15-18,21-22H2,(H,39,40). The number of benzene rings is 2. The Morgan fingerprint density at radius 2 is 1.71 bits per heavy atom. The first kappa shape index (κ1) is 28.5. The van der Waals surface area contributed by atoms with Gasteiger partial charge in [-0.05, 0) is 73.2 Å². The Balaban J connectivity index is 1.07. The van der Waals surface area contributed by atoms with Gasteiger partial charge in [0.2, 0.25) is 5.88 Å². The lowest BCUT2D eigenvalue weighted by Gasteiger charge is -2.39. The molecular weight excluding hydrogens is 552 g/mol. The van der Waals surface area contributed by atoms with E-state index in [1.807, 2.05) is 36.5 Å². The van der Waals surface area contributed by atoms with E-state index in [1.165, 1.54) is 31.4 Å². The highest BCUT2D eigenvalue weighted by molar-refractivity contribution is 6.30. The molecule has 1 unspecified atom stereocenters. The number of amides is 2. The Morgan fingerprint density at radius 3 is 2.38 bits per heavy atom. The molecule has 9 heteroatoms. The van der Waals surface area contributed by atoms with Gasteiger partial charge in [-0.1, -0.05) is 49.1 Å². The number of carboxylic acids is 1. The van der Waals surface area contributed by atoms with Gasteiger partial charge in [0.05, 0.1) is 11.6 Å². The van der Waals surface area contributed by atoms with Crippen LogP contribution in [0, 0.1) is 0 Å². The molecule has 220 valence electrons. The highest BCUT2D eigenvalue weighted by Gasteiger charge is 2.45. The fourth-order valence-electron chi connectivity index (χ4n) is 6.69. The van der Waals surface area contributed by atoms with Crippen molar-refractivity contribution in [1.29, 1.82) is 0 Å². The normalized spacial score (nSPS) is 20.7. The summed E-state index contributed by atoms with van der Waals surface area (Å²) in [5, 5.41) is 9.77. The van der Waals surface area contributed by atoms with Gasteiger partial charge in [0.25, 0.3) is 0 Å². The Kier molecular flexibility index (Phi) is 8.63. The SMILES string of the molecule is O=C(O)c1ccc(Oc2ccc(CN3CCC(N4C(=O)N(C5CCCCC5)CC4c4cccc(Cl)c4)CC3)cn2)cc1. The number of hydrogen-bond donors (Lipinski definition) is 1. The predicted molar refractivity (Wildman–Crippen MR) is 161 cm³/mol. The summed E-state index contributed by atoms with van der Waals surface area (Å²) < 4.78 is 5.78. The number of likely N-dealkylation sites (tertiary alicyclic amines) is 1. The van der Waals surface area contributed by atoms with E-state index in [9.17, 15) is 9.59 Å². The number of rotatable bonds is 8. The topological polar surface area (TPSA) is 86.2 Å². The van der Waals surface area contributed by atoms with Crippen molar-refractivity contribution in [3.63, 3.8) is 0 Å². The molecule has 1 aliphatic carbocycles. The molecule has 3 aromatic rings. The summed E-state index contributed by atoms with van der Waals surface area (Å²) in [7, 11) is 0. The van der Waals surface area contributed by atoms with Gasteiger partial charge < -0.3 is 19.6 Å². The zero-order valence-corrected chi connectivity index (χ0v) is 24.5. The van der Waals surface area contributed by atoms with Gasteiger partial charge in [0.15, 0.2) is 0 Å². The fourth-order valence-corrected chi connectivity index (χ4v) is 6.89. The number of aromatic carboxylic acids is 1. The average molecular weight is 589 g/mol. The monoisotopic (exact) mass is 588 g/mol. The van der Waals surface area contributed by atoms with Gasteiger partial charge in [0, 0.05) is 55.5 Å². The maximum Gasteiger partial charge on any atom is 0.335 e. The van der Waals surface area contributed by atoms with Crippen LogP contribution in [0.5, 0.6) is 11.6 Å². The summed E-state index contributed by atoms with van der Waals surface area (Å²) in [6, 6.07) is 18.9. The first-order chi connectivity index (χ1) is 20.4. The number of carbonyl (C=O) groups excluding carboxylic acids is 1. The minimum Gasteiger partial charge on any atom is -0.478 e. The predicted octanol–water partition coefficient (Wildman–Crippen LogP) is 7.00. The van der Waals surface area contributed by atoms with Crippen LogP contribution in [0.3, 0.4) is 0 Å². The third kappa shape index (κ3) is 6.40. The second-order valence-corrected chi connectivity index (χ2v) is 12.1. The van der Waals surface area contributed by atoms with E-state index in [0.29, 0.717) is 22.7 Å². The van der Waals surface area contributed by atoms with E-state index in [4.69, 9.17) is 21.4 Å². The zero-order chi connectivity index (χ0) is 29.1. The number of hydrogen-bond acceptors (Lipinski definition) is 5. The fraction of sp³-hybridized carbons (Fsp3) is 0.424. The molecule has 8 nitrogen and oxygen atoms in total. The second kappa shape index (κ2) is 12.7. The van der Waals surface area contributed by atoms with Crippen LogP contribution in [0.15, 0.2) is 66.9 Å². The number of piperidine rings is 1. The molecule has 2 aromatic carbocycles. The average Bonchev–Trinajstić information content (AvgIpc) is 3.36. The molecule has 3 fully saturated rings. The minimum absolute atomic E-state index is 0.0340. The summed E-state index contributed by atoms with van der Waals surface area (Å²) in [6.45, 7) is 3.35. The number of aromatic nitrogens is 1. The van der Waals surface area contributed by atoms with Crippen molar-refractivity contribution in [1.82, 2.24) is 19.7 Å². The first-order valence-electron chi connectivity index (χ1n) is 15.0. The Morgan fingerprint density at radius 1 is 0.952 bits per heavy atom. The highest BCUT2D eigenvalue weighted by Crippen LogP contribution is 2.38. The maximum atomic E-state index is 13.9. The molecule has 6 rings (SSSR count). The lowest BCUT2D eigenvalue weighted by atomic mass is 9.94. The van der Waals surface area contributed by atoms with E-state index in [0.717, 1.165) is 63.0 Å². The van der Waals surface area contributed by atoms with Crippen molar-refractivity contribution >= 4 is 23.6 Å². The van der Waals surface area contributed by atoms with Gasteiger partial charge in [-0.3, -0.25) is 4.90 Å². The molecule has 1 saturated carbocycles. The largest absolute Gasteiger partial charge is 0.478 e. The van der Waals surface area contributed by atoms with Crippen molar-refractivity contribution < 1.29 is 19.4 Å². The molecule has 1 N–H and O–H groups in total. The number of carboxylic acid groups (broad SMARTS) is 1. The number of urea groups is 1. The molecule has 1 atom stereocenters. The van der Waals surface area contributed by atoms with E-state index in [1.54, 1.807) is 12.1 Å².